The summed E-state index contributed by atoms with van der Waals surface area (Å²) in [6.45, 7) is 17.5. The van der Waals surface area contributed by atoms with Crippen molar-refractivity contribution in [2.75, 3.05) is 26.7 Å². The molecule has 0 saturated carbocycles. The average molecular weight is 452 g/mol. The van der Waals surface area contributed by atoms with Gasteiger partial charge in [0.25, 0.3) is 0 Å². The summed E-state index contributed by atoms with van der Waals surface area (Å²) in [6, 6.07) is -1.16. The van der Waals surface area contributed by atoms with E-state index in [1.165, 1.54) is 0 Å². The second-order valence-electron chi connectivity index (χ2n) is 10.2. The number of esters is 1. The van der Waals surface area contributed by atoms with Gasteiger partial charge in [0, 0.05) is 12.6 Å². The molecule has 32 heavy (non-hydrogen) atoms. The van der Waals surface area contributed by atoms with Crippen molar-refractivity contribution in [3.8, 4) is 0 Å². The van der Waals surface area contributed by atoms with Gasteiger partial charge >= 0.3 is 5.97 Å². The van der Waals surface area contributed by atoms with E-state index in [-0.39, 0.29) is 35.8 Å². The highest BCUT2D eigenvalue weighted by Crippen LogP contribution is 2.25. The minimum atomic E-state index is -0.668. The molecular weight excluding hydrogens is 406 g/mol. The van der Waals surface area contributed by atoms with Crippen LogP contribution in [0, 0.1) is 11.3 Å². The third-order valence-corrected chi connectivity index (χ3v) is 6.22. The minimum absolute atomic E-state index is 0.0763. The van der Waals surface area contributed by atoms with E-state index in [1.54, 1.807) is 31.9 Å². The lowest BCUT2D eigenvalue weighted by atomic mass is 9.84. The van der Waals surface area contributed by atoms with Crippen molar-refractivity contribution < 1.29 is 19.1 Å². The van der Waals surface area contributed by atoms with Crippen molar-refractivity contribution in [2.45, 2.75) is 92.8 Å². The smallest absolute Gasteiger partial charge is 0.333 e. The molecule has 1 aliphatic rings. The number of nitrogens with zero attached hydrogens (tertiary/aromatic N) is 2. The summed E-state index contributed by atoms with van der Waals surface area (Å²) in [5.41, 5.74) is 0.0102. The summed E-state index contributed by atoms with van der Waals surface area (Å²) < 4.78 is 5.09. The molecular formula is C25H45N3O4. The largest absolute Gasteiger partial charge is 0.463 e. The molecule has 1 heterocycles. The van der Waals surface area contributed by atoms with E-state index in [2.05, 4.69) is 17.1 Å². The normalized spacial score (nSPS) is 19.9. The first-order chi connectivity index (χ1) is 14.8. The average Bonchev–Trinajstić information content (AvgIpc) is 2.73. The maximum atomic E-state index is 13.6. The van der Waals surface area contributed by atoms with Crippen molar-refractivity contribution >= 4 is 17.8 Å². The van der Waals surface area contributed by atoms with E-state index in [9.17, 15) is 14.4 Å². The summed E-state index contributed by atoms with van der Waals surface area (Å²) in [4.78, 5) is 42.8. The van der Waals surface area contributed by atoms with Crippen LogP contribution in [0.2, 0.25) is 0 Å². The lowest BCUT2D eigenvalue weighted by Crippen LogP contribution is -2.60. The number of hydrogen-bond acceptors (Lipinski definition) is 5. The molecule has 1 aliphatic heterocycles. The van der Waals surface area contributed by atoms with Crippen LogP contribution in [-0.2, 0) is 19.1 Å². The van der Waals surface area contributed by atoms with Crippen LogP contribution in [0.5, 0.6) is 0 Å². The highest BCUT2D eigenvalue weighted by molar-refractivity contribution is 5.91. The molecule has 3 atom stereocenters. The Morgan fingerprint density at radius 1 is 1.19 bits per heavy atom. The van der Waals surface area contributed by atoms with E-state index in [0.717, 1.165) is 32.4 Å². The Morgan fingerprint density at radius 2 is 1.81 bits per heavy atom. The third kappa shape index (κ3) is 7.61. The molecule has 0 aliphatic carbocycles. The van der Waals surface area contributed by atoms with Crippen molar-refractivity contribution in [3.05, 3.63) is 11.6 Å². The summed E-state index contributed by atoms with van der Waals surface area (Å²) in [5.74, 6) is -0.529. The van der Waals surface area contributed by atoms with Crippen molar-refractivity contribution in [1.29, 1.82) is 0 Å². The third-order valence-electron chi connectivity index (χ3n) is 6.22. The number of ether oxygens (including phenoxy) is 1. The first-order valence-corrected chi connectivity index (χ1v) is 12.0. The molecule has 7 nitrogen and oxygen atoms in total. The van der Waals surface area contributed by atoms with E-state index < -0.39 is 11.5 Å². The van der Waals surface area contributed by atoms with Crippen molar-refractivity contribution in [1.82, 2.24) is 15.1 Å². The molecule has 0 radical (unpaired) electrons. The molecule has 0 unspecified atom stereocenters. The fraction of sp³-hybridized carbons (Fsp3) is 0.800. The zero-order valence-electron chi connectivity index (χ0n) is 21.7. The SMILES string of the molecule is CCOC(=O)C(C)=C[C@H](C(C)C)N(C)C(=O)[C@@H](NC(=O)[C@H]1CCCCN1CC)C(C)(C)C. The van der Waals surface area contributed by atoms with Crippen LogP contribution >= 0.6 is 0 Å². The van der Waals surface area contributed by atoms with Crippen LogP contribution in [0.15, 0.2) is 11.6 Å². The first kappa shape index (κ1) is 28.1. The zero-order chi connectivity index (χ0) is 24.6. The second-order valence-corrected chi connectivity index (χ2v) is 10.2. The molecule has 0 spiro atoms. The topological polar surface area (TPSA) is 79.0 Å². The molecule has 1 rings (SSSR count). The number of carbonyl (C=O) groups excluding carboxylic acids is 3. The molecule has 0 aromatic heterocycles. The summed E-state index contributed by atoms with van der Waals surface area (Å²) >= 11 is 0. The maximum absolute atomic E-state index is 13.6. The Morgan fingerprint density at radius 3 is 2.31 bits per heavy atom. The van der Waals surface area contributed by atoms with Gasteiger partial charge in [-0.2, -0.15) is 0 Å². The van der Waals surface area contributed by atoms with Gasteiger partial charge in [0.2, 0.25) is 11.8 Å². The maximum Gasteiger partial charge on any atom is 0.333 e. The Kier molecular flexibility index (Phi) is 10.9. The van der Waals surface area contributed by atoms with Crippen LogP contribution in [0.25, 0.3) is 0 Å². The fourth-order valence-electron chi connectivity index (χ4n) is 4.22. The van der Waals surface area contributed by atoms with Gasteiger partial charge in [0.1, 0.15) is 6.04 Å². The van der Waals surface area contributed by atoms with Crippen LogP contribution in [0.4, 0.5) is 0 Å². The van der Waals surface area contributed by atoms with Gasteiger partial charge in [-0.3, -0.25) is 14.5 Å². The van der Waals surface area contributed by atoms with Crippen LogP contribution in [-0.4, -0.2) is 72.5 Å². The highest BCUT2D eigenvalue weighted by Gasteiger charge is 2.39. The van der Waals surface area contributed by atoms with E-state index in [0.29, 0.717) is 12.2 Å². The second kappa shape index (κ2) is 12.4. The Bertz CT molecular complexity index is 681. The van der Waals surface area contributed by atoms with Gasteiger partial charge in [0.05, 0.1) is 18.7 Å². The minimum Gasteiger partial charge on any atom is -0.463 e. The van der Waals surface area contributed by atoms with Gasteiger partial charge in [0.15, 0.2) is 0 Å². The molecule has 0 aromatic carbocycles. The van der Waals surface area contributed by atoms with Gasteiger partial charge in [-0.1, -0.05) is 54.0 Å². The van der Waals surface area contributed by atoms with Crippen molar-refractivity contribution in [2.24, 2.45) is 11.3 Å². The van der Waals surface area contributed by atoms with Gasteiger partial charge in [-0.25, -0.2) is 4.79 Å². The van der Waals surface area contributed by atoms with E-state index in [1.807, 2.05) is 34.6 Å². The number of likely N-dealkylation sites (N-methyl/N-ethyl adjacent to an activating group) is 2. The van der Waals surface area contributed by atoms with Gasteiger partial charge < -0.3 is 15.0 Å². The number of amides is 2. The zero-order valence-corrected chi connectivity index (χ0v) is 21.7. The Labute approximate surface area is 194 Å². The van der Waals surface area contributed by atoms with Gasteiger partial charge in [-0.15, -0.1) is 0 Å². The summed E-state index contributed by atoms with van der Waals surface area (Å²) in [5, 5.41) is 3.08. The number of piperidine rings is 1. The standard InChI is InChI=1S/C25H45N3O4/c1-10-28-15-13-12-14-19(28)22(29)26-21(25(6,7)8)23(30)27(9)20(17(3)4)16-18(5)24(31)32-11-2/h16-17,19-21H,10-15H2,1-9H3,(H,26,29)/t19-,20-,21-/m1/s1. The highest BCUT2D eigenvalue weighted by atomic mass is 16.5. The fourth-order valence-corrected chi connectivity index (χ4v) is 4.22. The first-order valence-electron chi connectivity index (χ1n) is 12.0. The molecule has 1 fully saturated rings. The number of carbonyl (C=O) groups is 3. The van der Waals surface area contributed by atoms with Crippen LogP contribution in [0.1, 0.15) is 74.7 Å². The Balaban J connectivity index is 3.12. The predicted octanol–water partition coefficient (Wildman–Crippen LogP) is 3.38. The predicted molar refractivity (Wildman–Crippen MR) is 128 cm³/mol. The molecule has 7 heteroatoms. The van der Waals surface area contributed by atoms with E-state index >= 15 is 0 Å². The molecule has 1 N–H and O–H groups in total. The molecule has 184 valence electrons. The number of nitrogens with one attached hydrogen (secondary N) is 1. The number of likely N-dealkylation sites (tertiary alicyclic amines) is 1. The van der Waals surface area contributed by atoms with E-state index in [4.69, 9.17) is 4.74 Å². The summed E-state index contributed by atoms with van der Waals surface area (Å²) in [7, 11) is 1.74. The van der Waals surface area contributed by atoms with Crippen molar-refractivity contribution in [3.63, 3.8) is 0 Å². The number of hydrogen-bond donors (Lipinski definition) is 1. The summed E-state index contributed by atoms with van der Waals surface area (Å²) in [6.07, 6.45) is 4.74. The lowest BCUT2D eigenvalue weighted by molar-refractivity contribution is -0.142. The Hall–Kier alpha value is -1.89. The molecule has 0 bridgehead atoms. The number of rotatable bonds is 9. The molecule has 1 saturated heterocycles. The quantitative estimate of drug-likeness (QED) is 0.429. The molecule has 2 amide bonds. The van der Waals surface area contributed by atoms with Gasteiger partial charge in [-0.05, 0) is 51.1 Å². The van der Waals surface area contributed by atoms with Crippen LogP contribution < -0.4 is 5.32 Å². The van der Waals surface area contributed by atoms with Crippen LogP contribution in [0.3, 0.4) is 0 Å². The lowest BCUT2D eigenvalue weighted by Gasteiger charge is -2.39. The monoisotopic (exact) mass is 451 g/mol. The molecule has 0 aromatic rings.